The number of hydrogen-bond acceptors (Lipinski definition) is 4. The van der Waals surface area contributed by atoms with Gasteiger partial charge in [-0.15, -0.1) is 0 Å². The summed E-state index contributed by atoms with van der Waals surface area (Å²) in [5.74, 6) is 0. The average Bonchev–Trinajstić information content (AvgIpc) is 2.40. The van der Waals surface area contributed by atoms with Crippen LogP contribution in [0.25, 0.3) is 10.9 Å². The molecule has 0 amide bonds. The standard InChI is InChI=1S/C14H18N2O2/c1-17-14(18-2)12(15)9-11-8-7-10-5-3-4-6-13(10)16-11/h3-8,12,14H,9,15H2,1-2H3. The molecule has 0 aliphatic heterocycles. The zero-order valence-corrected chi connectivity index (χ0v) is 10.7. The maximum Gasteiger partial charge on any atom is 0.172 e. The smallest absolute Gasteiger partial charge is 0.172 e. The lowest BCUT2D eigenvalue weighted by molar-refractivity contribution is -0.116. The Morgan fingerprint density at radius 2 is 1.83 bits per heavy atom. The van der Waals surface area contributed by atoms with Crippen LogP contribution in [0.1, 0.15) is 5.69 Å². The molecule has 4 nitrogen and oxygen atoms in total. The molecule has 2 rings (SSSR count). The Morgan fingerprint density at radius 3 is 2.56 bits per heavy atom. The van der Waals surface area contributed by atoms with Gasteiger partial charge in [-0.25, -0.2) is 0 Å². The lowest BCUT2D eigenvalue weighted by Crippen LogP contribution is -2.39. The molecule has 0 saturated carbocycles. The number of hydrogen-bond donors (Lipinski definition) is 1. The minimum absolute atomic E-state index is 0.228. The fourth-order valence-electron chi connectivity index (χ4n) is 2.01. The zero-order valence-electron chi connectivity index (χ0n) is 10.7. The maximum atomic E-state index is 6.03. The van der Waals surface area contributed by atoms with Gasteiger partial charge in [0.25, 0.3) is 0 Å². The predicted octanol–water partition coefficient (Wildman–Crippen LogP) is 1.72. The molecule has 0 spiro atoms. The highest BCUT2D eigenvalue weighted by Crippen LogP contribution is 2.13. The van der Waals surface area contributed by atoms with Crippen molar-refractivity contribution in [3.05, 3.63) is 42.1 Å². The largest absolute Gasteiger partial charge is 0.354 e. The Labute approximate surface area is 107 Å². The van der Waals surface area contributed by atoms with Crippen LogP contribution in [0.15, 0.2) is 36.4 Å². The van der Waals surface area contributed by atoms with Gasteiger partial charge in [-0.05, 0) is 12.1 Å². The number of pyridine rings is 1. The first-order valence-electron chi connectivity index (χ1n) is 5.90. The molecule has 0 aliphatic carbocycles. The summed E-state index contributed by atoms with van der Waals surface area (Å²) in [6, 6.07) is 11.8. The van der Waals surface area contributed by atoms with Crippen LogP contribution in [0.5, 0.6) is 0 Å². The summed E-state index contributed by atoms with van der Waals surface area (Å²) in [5.41, 5.74) is 7.95. The molecule has 1 atom stereocenters. The first-order chi connectivity index (χ1) is 8.74. The van der Waals surface area contributed by atoms with E-state index in [1.165, 1.54) is 0 Å². The molecular weight excluding hydrogens is 228 g/mol. The lowest BCUT2D eigenvalue weighted by Gasteiger charge is -2.20. The van der Waals surface area contributed by atoms with Crippen molar-refractivity contribution < 1.29 is 9.47 Å². The minimum Gasteiger partial charge on any atom is -0.354 e. The number of para-hydroxylation sites is 1. The Kier molecular flexibility index (Phi) is 4.25. The molecule has 0 bridgehead atoms. The van der Waals surface area contributed by atoms with Gasteiger partial charge in [-0.2, -0.15) is 0 Å². The first-order valence-corrected chi connectivity index (χ1v) is 5.90. The van der Waals surface area contributed by atoms with E-state index >= 15 is 0 Å². The van der Waals surface area contributed by atoms with Gasteiger partial charge in [0.15, 0.2) is 6.29 Å². The highest BCUT2D eigenvalue weighted by molar-refractivity contribution is 5.78. The predicted molar refractivity (Wildman–Crippen MR) is 71.2 cm³/mol. The van der Waals surface area contributed by atoms with Gasteiger partial charge in [0.2, 0.25) is 0 Å². The van der Waals surface area contributed by atoms with Gasteiger partial charge >= 0.3 is 0 Å². The van der Waals surface area contributed by atoms with Crippen molar-refractivity contribution in [2.24, 2.45) is 5.73 Å². The highest BCUT2D eigenvalue weighted by Gasteiger charge is 2.17. The van der Waals surface area contributed by atoms with Gasteiger partial charge in [0, 0.05) is 31.7 Å². The van der Waals surface area contributed by atoms with Crippen LogP contribution in [0.3, 0.4) is 0 Å². The fourth-order valence-corrected chi connectivity index (χ4v) is 2.01. The van der Waals surface area contributed by atoms with E-state index in [9.17, 15) is 0 Å². The van der Waals surface area contributed by atoms with Crippen LogP contribution in [0.4, 0.5) is 0 Å². The number of nitrogens with two attached hydrogens (primary N) is 1. The molecule has 96 valence electrons. The van der Waals surface area contributed by atoms with Crippen LogP contribution >= 0.6 is 0 Å². The molecule has 1 aromatic carbocycles. The summed E-state index contributed by atoms with van der Waals surface area (Å²) in [6.07, 6.45) is 0.218. The van der Waals surface area contributed by atoms with E-state index < -0.39 is 6.29 Å². The molecule has 0 saturated heterocycles. The second-order valence-electron chi connectivity index (χ2n) is 4.20. The number of ether oxygens (including phenoxy) is 2. The molecule has 4 heteroatoms. The number of rotatable bonds is 5. The van der Waals surface area contributed by atoms with Gasteiger partial charge in [0.05, 0.1) is 11.6 Å². The van der Waals surface area contributed by atoms with Gasteiger partial charge in [0.1, 0.15) is 0 Å². The number of benzene rings is 1. The van der Waals surface area contributed by atoms with Crippen molar-refractivity contribution >= 4 is 10.9 Å². The molecule has 1 unspecified atom stereocenters. The van der Waals surface area contributed by atoms with Crippen molar-refractivity contribution in [3.8, 4) is 0 Å². The van der Waals surface area contributed by atoms with Crippen molar-refractivity contribution in [2.45, 2.75) is 18.8 Å². The molecule has 18 heavy (non-hydrogen) atoms. The number of aromatic nitrogens is 1. The van der Waals surface area contributed by atoms with Gasteiger partial charge in [-0.1, -0.05) is 24.3 Å². The maximum absolute atomic E-state index is 6.03. The van der Waals surface area contributed by atoms with Crippen molar-refractivity contribution in [2.75, 3.05) is 14.2 Å². The summed E-state index contributed by atoms with van der Waals surface area (Å²) >= 11 is 0. The molecule has 0 aliphatic rings. The molecule has 2 N–H and O–H groups in total. The van der Waals surface area contributed by atoms with Crippen molar-refractivity contribution in [1.82, 2.24) is 4.98 Å². The molecule has 1 heterocycles. The summed E-state index contributed by atoms with van der Waals surface area (Å²) in [7, 11) is 3.17. The zero-order chi connectivity index (χ0) is 13.0. The molecule has 0 radical (unpaired) electrons. The van der Waals surface area contributed by atoms with Crippen LogP contribution in [0.2, 0.25) is 0 Å². The Balaban J connectivity index is 2.16. The normalized spacial score (nSPS) is 13.1. The SMILES string of the molecule is COC(OC)C(N)Cc1ccc2ccccc2n1. The lowest BCUT2D eigenvalue weighted by atomic mass is 10.1. The monoisotopic (exact) mass is 246 g/mol. The third-order valence-corrected chi connectivity index (χ3v) is 2.92. The minimum atomic E-state index is -0.404. The second kappa shape index (κ2) is 5.91. The molecular formula is C14H18N2O2. The fraction of sp³-hybridized carbons (Fsp3) is 0.357. The molecule has 0 fully saturated rings. The Hall–Kier alpha value is -1.49. The van der Waals surface area contributed by atoms with E-state index in [1.807, 2.05) is 30.3 Å². The number of nitrogens with zero attached hydrogens (tertiary/aromatic N) is 1. The Morgan fingerprint density at radius 1 is 1.11 bits per heavy atom. The van der Waals surface area contributed by atoms with Crippen molar-refractivity contribution in [3.63, 3.8) is 0 Å². The van der Waals surface area contributed by atoms with Crippen LogP contribution in [0, 0.1) is 0 Å². The summed E-state index contributed by atoms with van der Waals surface area (Å²) in [4.78, 5) is 4.58. The van der Waals surface area contributed by atoms with E-state index in [4.69, 9.17) is 15.2 Å². The summed E-state index contributed by atoms with van der Waals surface area (Å²) < 4.78 is 10.3. The van der Waals surface area contributed by atoms with E-state index in [1.54, 1.807) is 14.2 Å². The van der Waals surface area contributed by atoms with E-state index in [-0.39, 0.29) is 6.04 Å². The van der Waals surface area contributed by atoms with Crippen molar-refractivity contribution in [1.29, 1.82) is 0 Å². The molecule has 2 aromatic rings. The quantitative estimate of drug-likeness (QED) is 0.816. The van der Waals surface area contributed by atoms with Crippen LogP contribution in [-0.4, -0.2) is 31.5 Å². The van der Waals surface area contributed by atoms with E-state index in [0.29, 0.717) is 6.42 Å². The third kappa shape index (κ3) is 2.85. The topological polar surface area (TPSA) is 57.4 Å². The first kappa shape index (κ1) is 13.0. The third-order valence-electron chi connectivity index (χ3n) is 2.92. The second-order valence-corrected chi connectivity index (χ2v) is 4.20. The highest BCUT2D eigenvalue weighted by atomic mass is 16.7. The van der Waals surface area contributed by atoms with Crippen LogP contribution in [-0.2, 0) is 15.9 Å². The van der Waals surface area contributed by atoms with Gasteiger partial charge < -0.3 is 15.2 Å². The number of methoxy groups -OCH3 is 2. The number of fused-ring (bicyclic) bond motifs is 1. The summed E-state index contributed by atoms with van der Waals surface area (Å²) in [6.45, 7) is 0. The van der Waals surface area contributed by atoms with Crippen LogP contribution < -0.4 is 5.73 Å². The Bertz CT molecular complexity index is 512. The average molecular weight is 246 g/mol. The van der Waals surface area contributed by atoms with Gasteiger partial charge in [-0.3, -0.25) is 4.98 Å². The summed E-state index contributed by atoms with van der Waals surface area (Å²) in [5, 5.41) is 1.13. The van der Waals surface area contributed by atoms with E-state index in [2.05, 4.69) is 11.1 Å². The van der Waals surface area contributed by atoms with E-state index in [0.717, 1.165) is 16.6 Å². The molecule has 1 aromatic heterocycles.